The van der Waals surface area contributed by atoms with Gasteiger partial charge in [0.1, 0.15) is 12.4 Å². The van der Waals surface area contributed by atoms with E-state index < -0.39 is 0 Å². The number of nitrogens with one attached hydrogen (secondary N) is 2. The molecule has 0 unspecified atom stereocenters. The van der Waals surface area contributed by atoms with E-state index in [1.165, 1.54) is 5.56 Å². The molecule has 2 aromatic carbocycles. The second kappa shape index (κ2) is 5.63. The first kappa shape index (κ1) is 14.2. The minimum atomic E-state index is 0.536. The third-order valence-corrected chi connectivity index (χ3v) is 4.25. The van der Waals surface area contributed by atoms with Crippen molar-refractivity contribution in [2.45, 2.75) is 20.1 Å². The summed E-state index contributed by atoms with van der Waals surface area (Å²) in [6, 6.07) is 13.9. The molecule has 23 heavy (non-hydrogen) atoms. The Morgan fingerprint density at radius 3 is 3.04 bits per heavy atom. The molecule has 0 saturated carbocycles. The summed E-state index contributed by atoms with van der Waals surface area (Å²) in [5.74, 6) is 0.904. The van der Waals surface area contributed by atoms with Gasteiger partial charge in [0.15, 0.2) is 0 Å². The molecule has 0 aliphatic carbocycles. The zero-order valence-electron chi connectivity index (χ0n) is 12.7. The first-order valence-corrected chi connectivity index (χ1v) is 7.88. The summed E-state index contributed by atoms with van der Waals surface area (Å²) < 4.78 is 5.87. The van der Waals surface area contributed by atoms with Gasteiger partial charge in [-0.2, -0.15) is 5.10 Å². The molecule has 1 aliphatic rings. The van der Waals surface area contributed by atoms with E-state index in [9.17, 15) is 0 Å². The molecule has 0 bridgehead atoms. The number of fused-ring (bicyclic) bond motifs is 3. The van der Waals surface area contributed by atoms with Crippen LogP contribution in [0.2, 0.25) is 5.02 Å². The minimum absolute atomic E-state index is 0.536. The van der Waals surface area contributed by atoms with Crippen LogP contribution in [0.3, 0.4) is 0 Å². The SMILES string of the molecule is Cc1ccc2c(c1)-c1[nH]nc(CNc3cccc(Cl)c3)c1CO2. The average molecular weight is 326 g/mol. The van der Waals surface area contributed by atoms with Crippen molar-refractivity contribution in [3.63, 3.8) is 0 Å². The first-order valence-electron chi connectivity index (χ1n) is 7.50. The average Bonchev–Trinajstić information content (AvgIpc) is 2.96. The van der Waals surface area contributed by atoms with Crippen molar-refractivity contribution in [3.8, 4) is 17.0 Å². The van der Waals surface area contributed by atoms with Gasteiger partial charge in [0, 0.05) is 21.8 Å². The van der Waals surface area contributed by atoms with Crippen LogP contribution in [0.4, 0.5) is 5.69 Å². The Morgan fingerprint density at radius 2 is 2.17 bits per heavy atom. The smallest absolute Gasteiger partial charge is 0.129 e. The van der Waals surface area contributed by atoms with Crippen LogP contribution in [0.15, 0.2) is 42.5 Å². The largest absolute Gasteiger partial charge is 0.488 e. The highest BCUT2D eigenvalue weighted by atomic mass is 35.5. The maximum Gasteiger partial charge on any atom is 0.129 e. The zero-order chi connectivity index (χ0) is 15.8. The van der Waals surface area contributed by atoms with Crippen LogP contribution in [0, 0.1) is 6.92 Å². The fourth-order valence-corrected chi connectivity index (χ4v) is 3.02. The molecule has 1 aromatic heterocycles. The van der Waals surface area contributed by atoms with Crippen molar-refractivity contribution in [2.24, 2.45) is 0 Å². The molecule has 0 saturated heterocycles. The van der Waals surface area contributed by atoms with Crippen LogP contribution in [-0.2, 0) is 13.2 Å². The lowest BCUT2D eigenvalue weighted by atomic mass is 10.0. The summed E-state index contributed by atoms with van der Waals surface area (Å²) in [6.45, 7) is 3.23. The number of hydrogen-bond acceptors (Lipinski definition) is 3. The van der Waals surface area contributed by atoms with E-state index in [1.807, 2.05) is 30.3 Å². The monoisotopic (exact) mass is 325 g/mol. The van der Waals surface area contributed by atoms with Gasteiger partial charge in [0.25, 0.3) is 0 Å². The third-order valence-electron chi connectivity index (χ3n) is 4.01. The van der Waals surface area contributed by atoms with E-state index in [1.54, 1.807) is 0 Å². The molecule has 0 spiro atoms. The van der Waals surface area contributed by atoms with Gasteiger partial charge in [-0.3, -0.25) is 5.10 Å². The van der Waals surface area contributed by atoms with Crippen molar-refractivity contribution >= 4 is 17.3 Å². The fourth-order valence-electron chi connectivity index (χ4n) is 2.83. The molecule has 4 nitrogen and oxygen atoms in total. The number of ether oxygens (including phenoxy) is 1. The maximum atomic E-state index is 6.01. The van der Waals surface area contributed by atoms with Crippen molar-refractivity contribution in [1.29, 1.82) is 0 Å². The molecule has 3 aromatic rings. The number of rotatable bonds is 3. The summed E-state index contributed by atoms with van der Waals surface area (Å²) >= 11 is 6.01. The van der Waals surface area contributed by atoms with E-state index in [2.05, 4.69) is 34.6 Å². The van der Waals surface area contributed by atoms with Crippen LogP contribution in [0.25, 0.3) is 11.3 Å². The maximum absolute atomic E-state index is 6.01. The number of aryl methyl sites for hydroxylation is 1. The van der Waals surface area contributed by atoms with E-state index in [-0.39, 0.29) is 0 Å². The standard InChI is InChI=1S/C18H16ClN3O/c1-11-5-6-17-14(7-11)18-15(10-23-17)16(21-22-18)9-20-13-4-2-3-12(19)8-13/h2-8,20H,9-10H2,1H3,(H,21,22). The van der Waals surface area contributed by atoms with Gasteiger partial charge in [-0.1, -0.05) is 29.3 Å². The molecule has 0 atom stereocenters. The van der Waals surface area contributed by atoms with E-state index in [4.69, 9.17) is 16.3 Å². The number of benzene rings is 2. The number of hydrogen-bond donors (Lipinski definition) is 2. The van der Waals surface area contributed by atoms with Crippen LogP contribution >= 0.6 is 11.6 Å². The van der Waals surface area contributed by atoms with Crippen LogP contribution in [-0.4, -0.2) is 10.2 Å². The number of H-pyrrole nitrogens is 1. The van der Waals surface area contributed by atoms with E-state index in [0.717, 1.165) is 34.0 Å². The highest BCUT2D eigenvalue weighted by Crippen LogP contribution is 2.37. The Kier molecular flexibility index (Phi) is 3.46. The van der Waals surface area contributed by atoms with Crippen LogP contribution < -0.4 is 10.1 Å². The molecule has 116 valence electrons. The van der Waals surface area contributed by atoms with Gasteiger partial charge >= 0.3 is 0 Å². The van der Waals surface area contributed by atoms with Gasteiger partial charge in [-0.05, 0) is 37.3 Å². The zero-order valence-corrected chi connectivity index (χ0v) is 13.4. The molecule has 4 rings (SSSR count). The highest BCUT2D eigenvalue weighted by molar-refractivity contribution is 6.30. The first-order chi connectivity index (χ1) is 11.2. The normalized spacial score (nSPS) is 12.3. The lowest BCUT2D eigenvalue weighted by Gasteiger charge is -2.18. The summed E-state index contributed by atoms with van der Waals surface area (Å²) in [7, 11) is 0. The quantitative estimate of drug-likeness (QED) is 0.743. The van der Waals surface area contributed by atoms with Crippen molar-refractivity contribution < 1.29 is 4.74 Å². The Morgan fingerprint density at radius 1 is 1.26 bits per heavy atom. The van der Waals surface area contributed by atoms with Gasteiger partial charge in [0.2, 0.25) is 0 Å². The molecular weight excluding hydrogens is 310 g/mol. The van der Waals surface area contributed by atoms with Crippen molar-refractivity contribution in [3.05, 3.63) is 64.3 Å². The molecular formula is C18H16ClN3O. The second-order valence-corrected chi connectivity index (χ2v) is 6.11. The highest BCUT2D eigenvalue weighted by Gasteiger charge is 2.22. The summed E-state index contributed by atoms with van der Waals surface area (Å²) in [5.41, 5.74) is 6.38. The van der Waals surface area contributed by atoms with Gasteiger partial charge in [-0.15, -0.1) is 0 Å². The fraction of sp³-hybridized carbons (Fsp3) is 0.167. The van der Waals surface area contributed by atoms with Crippen molar-refractivity contribution in [1.82, 2.24) is 10.2 Å². The van der Waals surface area contributed by atoms with Crippen LogP contribution in [0.5, 0.6) is 5.75 Å². The molecule has 2 N–H and O–H groups in total. The van der Waals surface area contributed by atoms with Crippen molar-refractivity contribution in [2.75, 3.05) is 5.32 Å². The Labute approximate surface area is 139 Å². The number of nitrogens with zero attached hydrogens (tertiary/aromatic N) is 1. The van der Waals surface area contributed by atoms with Gasteiger partial charge < -0.3 is 10.1 Å². The summed E-state index contributed by atoms with van der Waals surface area (Å²) in [6.07, 6.45) is 0. The van der Waals surface area contributed by atoms with E-state index in [0.29, 0.717) is 18.2 Å². The molecule has 1 aliphatic heterocycles. The van der Waals surface area contributed by atoms with E-state index >= 15 is 0 Å². The summed E-state index contributed by atoms with van der Waals surface area (Å²) in [5, 5.41) is 11.7. The Bertz CT molecular complexity index is 872. The van der Waals surface area contributed by atoms with Gasteiger partial charge in [-0.25, -0.2) is 0 Å². The topological polar surface area (TPSA) is 49.9 Å². The number of anilines is 1. The Hall–Kier alpha value is -2.46. The predicted molar refractivity (Wildman–Crippen MR) is 91.9 cm³/mol. The number of aromatic amines is 1. The molecule has 5 heteroatoms. The lowest BCUT2D eigenvalue weighted by molar-refractivity contribution is 0.301. The third kappa shape index (κ3) is 2.66. The Balaban J connectivity index is 1.61. The second-order valence-electron chi connectivity index (χ2n) is 5.68. The predicted octanol–water partition coefficient (Wildman–Crippen LogP) is 4.54. The number of aromatic nitrogens is 2. The molecule has 0 radical (unpaired) electrons. The molecule has 0 amide bonds. The lowest BCUT2D eigenvalue weighted by Crippen LogP contribution is -2.08. The molecule has 2 heterocycles. The number of halogens is 1. The van der Waals surface area contributed by atoms with Crippen LogP contribution in [0.1, 0.15) is 16.8 Å². The minimum Gasteiger partial charge on any atom is -0.488 e. The molecule has 0 fully saturated rings. The van der Waals surface area contributed by atoms with Gasteiger partial charge in [0.05, 0.1) is 17.9 Å². The summed E-state index contributed by atoms with van der Waals surface area (Å²) in [4.78, 5) is 0.